The average Bonchev–Trinajstić information content (AvgIpc) is 2.38. The Morgan fingerprint density at radius 3 is 2.65 bits per heavy atom. The Morgan fingerprint density at radius 1 is 1.40 bits per heavy atom. The fourth-order valence-electron chi connectivity index (χ4n) is 1.84. The van der Waals surface area contributed by atoms with Gasteiger partial charge in [0.05, 0.1) is 18.4 Å². The summed E-state index contributed by atoms with van der Waals surface area (Å²) in [6, 6.07) is 4.55. The first-order valence-corrected chi connectivity index (χ1v) is 6.42. The molecule has 6 nitrogen and oxygen atoms in total. The molecule has 0 heterocycles. The lowest BCUT2D eigenvalue weighted by molar-refractivity contribution is -0.116. The summed E-state index contributed by atoms with van der Waals surface area (Å²) in [6.45, 7) is 4.63. The van der Waals surface area contributed by atoms with Gasteiger partial charge in [0.1, 0.15) is 5.75 Å². The van der Waals surface area contributed by atoms with Crippen molar-refractivity contribution in [3.05, 3.63) is 23.8 Å². The molecule has 1 aromatic carbocycles. The Kier molecular flexibility index (Phi) is 5.99. The van der Waals surface area contributed by atoms with Gasteiger partial charge in [-0.3, -0.25) is 4.79 Å². The van der Waals surface area contributed by atoms with Crippen molar-refractivity contribution in [3.63, 3.8) is 0 Å². The highest BCUT2D eigenvalue weighted by atomic mass is 16.5. The number of nitrogens with one attached hydrogen (secondary N) is 2. The zero-order valence-electron chi connectivity index (χ0n) is 11.9. The lowest BCUT2D eigenvalue weighted by Gasteiger charge is -2.13. The van der Waals surface area contributed by atoms with Gasteiger partial charge in [-0.2, -0.15) is 0 Å². The van der Waals surface area contributed by atoms with Crippen molar-refractivity contribution in [1.29, 1.82) is 0 Å². The number of hydrogen-bond donors (Lipinski definition) is 3. The third-order valence-electron chi connectivity index (χ3n) is 2.78. The van der Waals surface area contributed by atoms with Crippen LogP contribution in [-0.2, 0) is 4.79 Å². The van der Waals surface area contributed by atoms with E-state index in [9.17, 15) is 9.59 Å². The second-order valence-electron chi connectivity index (χ2n) is 4.43. The molecule has 1 amide bonds. The van der Waals surface area contributed by atoms with Gasteiger partial charge in [0.2, 0.25) is 5.91 Å². The van der Waals surface area contributed by atoms with Crippen LogP contribution in [0, 0.1) is 0 Å². The van der Waals surface area contributed by atoms with Crippen LogP contribution < -0.4 is 15.4 Å². The summed E-state index contributed by atoms with van der Waals surface area (Å²) in [5.41, 5.74) is 0.279. The minimum Gasteiger partial charge on any atom is -0.497 e. The molecule has 0 saturated carbocycles. The maximum Gasteiger partial charge on any atom is 0.337 e. The predicted molar refractivity (Wildman–Crippen MR) is 76.3 cm³/mol. The molecule has 1 unspecified atom stereocenters. The Labute approximate surface area is 118 Å². The molecule has 0 saturated heterocycles. The predicted octanol–water partition coefficient (Wildman–Crippen LogP) is 1.72. The number of anilines is 1. The van der Waals surface area contributed by atoms with Gasteiger partial charge in [0.15, 0.2) is 0 Å². The Balaban J connectivity index is 2.81. The quantitative estimate of drug-likeness (QED) is 0.708. The molecular weight excluding hydrogens is 260 g/mol. The number of methoxy groups -OCH3 is 1. The van der Waals surface area contributed by atoms with Gasteiger partial charge in [-0.25, -0.2) is 4.79 Å². The normalized spacial score (nSPS) is 11.8. The van der Waals surface area contributed by atoms with Crippen molar-refractivity contribution in [1.82, 2.24) is 5.32 Å². The van der Waals surface area contributed by atoms with E-state index < -0.39 is 5.97 Å². The van der Waals surface area contributed by atoms with Gasteiger partial charge >= 0.3 is 5.97 Å². The summed E-state index contributed by atoms with van der Waals surface area (Å²) < 4.78 is 4.98. The van der Waals surface area contributed by atoms with E-state index in [0.717, 1.165) is 6.54 Å². The number of amides is 1. The van der Waals surface area contributed by atoms with Crippen LogP contribution in [0.3, 0.4) is 0 Å². The van der Waals surface area contributed by atoms with Gasteiger partial charge < -0.3 is 20.5 Å². The molecule has 0 spiro atoms. The summed E-state index contributed by atoms with van der Waals surface area (Å²) in [4.78, 5) is 23.0. The van der Waals surface area contributed by atoms with Gasteiger partial charge in [-0.15, -0.1) is 0 Å². The van der Waals surface area contributed by atoms with Crippen LogP contribution in [0.1, 0.15) is 30.6 Å². The van der Waals surface area contributed by atoms with E-state index in [1.54, 1.807) is 6.07 Å². The summed E-state index contributed by atoms with van der Waals surface area (Å²) in [5.74, 6) is -0.911. The smallest absolute Gasteiger partial charge is 0.337 e. The number of rotatable bonds is 7. The number of carboxylic acid groups (broad SMARTS) is 1. The minimum atomic E-state index is -1.11. The largest absolute Gasteiger partial charge is 0.497 e. The molecule has 1 rings (SSSR count). The number of ether oxygens (including phenoxy) is 1. The van der Waals surface area contributed by atoms with Gasteiger partial charge in [0, 0.05) is 12.5 Å². The summed E-state index contributed by atoms with van der Waals surface area (Å²) in [6.07, 6.45) is 0.277. The number of carbonyl (C=O) groups excluding carboxylic acids is 1. The molecule has 1 aromatic rings. The van der Waals surface area contributed by atoms with E-state index in [4.69, 9.17) is 9.84 Å². The number of aromatic carboxylic acids is 1. The number of carbonyl (C=O) groups is 2. The molecule has 3 N–H and O–H groups in total. The fraction of sp³-hybridized carbons (Fsp3) is 0.429. The number of carboxylic acids is 1. The third kappa shape index (κ3) is 4.55. The van der Waals surface area contributed by atoms with E-state index in [2.05, 4.69) is 10.6 Å². The highest BCUT2D eigenvalue weighted by molar-refractivity contribution is 6.01. The molecule has 1 atom stereocenters. The highest BCUT2D eigenvalue weighted by Gasteiger charge is 2.15. The van der Waals surface area contributed by atoms with E-state index in [1.807, 2.05) is 13.8 Å². The van der Waals surface area contributed by atoms with E-state index in [-0.39, 0.29) is 29.6 Å². The van der Waals surface area contributed by atoms with Crippen molar-refractivity contribution in [2.24, 2.45) is 0 Å². The van der Waals surface area contributed by atoms with E-state index in [0.29, 0.717) is 5.75 Å². The maximum absolute atomic E-state index is 11.9. The van der Waals surface area contributed by atoms with Crippen LogP contribution in [0.25, 0.3) is 0 Å². The molecule has 20 heavy (non-hydrogen) atoms. The first-order chi connectivity index (χ1) is 9.47. The molecular formula is C14H20N2O4. The van der Waals surface area contributed by atoms with E-state index >= 15 is 0 Å². The second-order valence-corrected chi connectivity index (χ2v) is 4.43. The molecule has 0 aliphatic heterocycles. The molecule has 0 aliphatic carbocycles. The summed E-state index contributed by atoms with van der Waals surface area (Å²) in [5, 5.41) is 14.9. The standard InChI is InChI=1S/C14H20N2O4/c1-4-15-9(2)7-13(17)16-12-6-5-10(20-3)8-11(12)14(18)19/h5-6,8-9,15H,4,7H2,1-3H3,(H,16,17)(H,18,19). The summed E-state index contributed by atoms with van der Waals surface area (Å²) >= 11 is 0. The van der Waals surface area contributed by atoms with Crippen LogP contribution in [0.2, 0.25) is 0 Å². The first-order valence-electron chi connectivity index (χ1n) is 6.42. The summed E-state index contributed by atoms with van der Waals surface area (Å²) in [7, 11) is 1.46. The number of benzene rings is 1. The topological polar surface area (TPSA) is 87.7 Å². The molecule has 0 radical (unpaired) electrons. The highest BCUT2D eigenvalue weighted by Crippen LogP contribution is 2.22. The van der Waals surface area contributed by atoms with Gasteiger partial charge in [0.25, 0.3) is 0 Å². The SMILES string of the molecule is CCNC(C)CC(=O)Nc1ccc(OC)cc1C(=O)O. The van der Waals surface area contributed by atoms with Crippen molar-refractivity contribution >= 4 is 17.6 Å². The molecule has 0 aliphatic rings. The van der Waals surface area contributed by atoms with Crippen molar-refractivity contribution in [2.45, 2.75) is 26.3 Å². The van der Waals surface area contributed by atoms with Crippen LogP contribution >= 0.6 is 0 Å². The van der Waals surface area contributed by atoms with Crippen molar-refractivity contribution < 1.29 is 19.4 Å². The molecule has 110 valence electrons. The van der Waals surface area contributed by atoms with Crippen LogP contribution in [-0.4, -0.2) is 36.7 Å². The van der Waals surface area contributed by atoms with Gasteiger partial charge in [-0.05, 0) is 31.7 Å². The monoisotopic (exact) mass is 280 g/mol. The lowest BCUT2D eigenvalue weighted by Crippen LogP contribution is -2.30. The van der Waals surface area contributed by atoms with E-state index in [1.165, 1.54) is 19.2 Å². The zero-order valence-corrected chi connectivity index (χ0v) is 11.9. The van der Waals surface area contributed by atoms with Crippen LogP contribution in [0.15, 0.2) is 18.2 Å². The lowest BCUT2D eigenvalue weighted by atomic mass is 10.1. The van der Waals surface area contributed by atoms with Crippen LogP contribution in [0.5, 0.6) is 5.75 Å². The van der Waals surface area contributed by atoms with Crippen molar-refractivity contribution in [3.8, 4) is 5.75 Å². The zero-order chi connectivity index (χ0) is 15.1. The van der Waals surface area contributed by atoms with Gasteiger partial charge in [-0.1, -0.05) is 6.92 Å². The van der Waals surface area contributed by atoms with Crippen molar-refractivity contribution in [2.75, 3.05) is 19.0 Å². The molecule has 0 bridgehead atoms. The van der Waals surface area contributed by atoms with Crippen LogP contribution in [0.4, 0.5) is 5.69 Å². The number of hydrogen-bond acceptors (Lipinski definition) is 4. The molecule has 0 aromatic heterocycles. The second kappa shape index (κ2) is 7.49. The Bertz CT molecular complexity index is 488. The minimum absolute atomic E-state index is 0.00815. The Hall–Kier alpha value is -2.08. The maximum atomic E-state index is 11.9. The third-order valence-corrected chi connectivity index (χ3v) is 2.78. The fourth-order valence-corrected chi connectivity index (χ4v) is 1.84. The first kappa shape index (κ1) is 16.0. The molecule has 6 heteroatoms. The molecule has 0 fully saturated rings. The Morgan fingerprint density at radius 2 is 2.10 bits per heavy atom. The average molecular weight is 280 g/mol.